The van der Waals surface area contributed by atoms with Crippen LogP contribution in [0.15, 0.2) is 90.6 Å². The summed E-state index contributed by atoms with van der Waals surface area (Å²) in [5.41, 5.74) is 3.45. The van der Waals surface area contributed by atoms with Gasteiger partial charge in [0, 0.05) is 5.69 Å². The molecule has 0 spiro atoms. The topological polar surface area (TPSA) is 20.3 Å². The van der Waals surface area contributed by atoms with Crippen molar-refractivity contribution in [2.24, 2.45) is 5.92 Å². The third-order valence-electron chi connectivity index (χ3n) is 4.98. The molecule has 1 amide bonds. The molecule has 0 saturated carbocycles. The summed E-state index contributed by atoms with van der Waals surface area (Å²) < 4.78 is 0. The fourth-order valence-electron chi connectivity index (χ4n) is 3.76. The normalized spacial score (nSPS) is 21.1. The summed E-state index contributed by atoms with van der Waals surface area (Å²) in [6.45, 7) is 9.89. The van der Waals surface area contributed by atoms with E-state index in [-0.39, 0.29) is 17.9 Å². The van der Waals surface area contributed by atoms with Gasteiger partial charge in [-0.05, 0) is 63.3 Å². The number of carbonyl (C=O) groups is 1. The summed E-state index contributed by atoms with van der Waals surface area (Å²) in [7, 11) is 0. The SMILES string of the molecule is C=C/C=C(\C=C/C)CCC[C@H]1C(=O)N(c2ccccc2)C1C(/C=C\C)=C/C. The summed E-state index contributed by atoms with van der Waals surface area (Å²) in [6.07, 6.45) is 17.2. The van der Waals surface area contributed by atoms with Gasteiger partial charge in [0.1, 0.15) is 0 Å². The summed E-state index contributed by atoms with van der Waals surface area (Å²) in [6, 6.07) is 10.1. The molecule has 1 aromatic rings. The van der Waals surface area contributed by atoms with Crippen molar-refractivity contribution in [1.29, 1.82) is 0 Å². The number of hydrogen-bond donors (Lipinski definition) is 0. The van der Waals surface area contributed by atoms with Crippen LogP contribution in [0.1, 0.15) is 40.0 Å². The largest absolute Gasteiger partial charge is 0.304 e. The van der Waals surface area contributed by atoms with Crippen LogP contribution in [0.2, 0.25) is 0 Å². The van der Waals surface area contributed by atoms with Crippen molar-refractivity contribution in [2.45, 2.75) is 46.1 Å². The van der Waals surface area contributed by atoms with E-state index in [0.717, 1.165) is 24.9 Å². The number of para-hydroxylation sites is 1. The van der Waals surface area contributed by atoms with E-state index in [9.17, 15) is 4.79 Å². The summed E-state index contributed by atoms with van der Waals surface area (Å²) in [5.74, 6) is 0.276. The lowest BCUT2D eigenvalue weighted by molar-refractivity contribution is -0.129. The average molecular weight is 362 g/mol. The Labute approximate surface area is 164 Å². The van der Waals surface area contributed by atoms with Gasteiger partial charge in [-0.2, -0.15) is 0 Å². The predicted octanol–water partition coefficient (Wildman–Crippen LogP) is 6.40. The molecule has 1 aliphatic rings. The molecule has 2 atom stereocenters. The summed E-state index contributed by atoms with van der Waals surface area (Å²) >= 11 is 0. The third kappa shape index (κ3) is 4.97. The fraction of sp³-hybridized carbons (Fsp3) is 0.320. The van der Waals surface area contributed by atoms with Gasteiger partial charge < -0.3 is 4.90 Å². The molecule has 1 saturated heterocycles. The lowest BCUT2D eigenvalue weighted by Gasteiger charge is -2.48. The Morgan fingerprint density at radius 2 is 1.81 bits per heavy atom. The predicted molar refractivity (Wildman–Crippen MR) is 117 cm³/mol. The minimum atomic E-state index is 0.0446. The minimum Gasteiger partial charge on any atom is -0.304 e. The molecule has 1 aromatic carbocycles. The number of rotatable bonds is 9. The van der Waals surface area contributed by atoms with Crippen molar-refractivity contribution in [3.8, 4) is 0 Å². The van der Waals surface area contributed by atoms with E-state index < -0.39 is 0 Å². The van der Waals surface area contributed by atoms with Crippen molar-refractivity contribution in [2.75, 3.05) is 4.90 Å². The van der Waals surface area contributed by atoms with Crippen LogP contribution in [0.3, 0.4) is 0 Å². The third-order valence-corrected chi connectivity index (χ3v) is 4.98. The maximum absolute atomic E-state index is 13.0. The fourth-order valence-corrected chi connectivity index (χ4v) is 3.76. The molecule has 1 heterocycles. The second-order valence-corrected chi connectivity index (χ2v) is 6.75. The Balaban J connectivity index is 2.16. The van der Waals surface area contributed by atoms with E-state index in [0.29, 0.717) is 0 Å². The number of anilines is 1. The van der Waals surface area contributed by atoms with Crippen LogP contribution in [0, 0.1) is 5.92 Å². The molecule has 1 aliphatic heterocycles. The van der Waals surface area contributed by atoms with E-state index in [2.05, 4.69) is 37.8 Å². The van der Waals surface area contributed by atoms with E-state index >= 15 is 0 Å². The van der Waals surface area contributed by atoms with Crippen molar-refractivity contribution in [3.05, 3.63) is 90.6 Å². The van der Waals surface area contributed by atoms with Gasteiger partial charge in [-0.25, -0.2) is 0 Å². The highest BCUT2D eigenvalue weighted by atomic mass is 16.2. The monoisotopic (exact) mass is 361 g/mol. The van der Waals surface area contributed by atoms with Crippen LogP contribution in [0.5, 0.6) is 0 Å². The molecule has 0 N–H and O–H groups in total. The zero-order valence-corrected chi connectivity index (χ0v) is 16.8. The van der Waals surface area contributed by atoms with E-state index in [1.54, 1.807) is 0 Å². The highest BCUT2D eigenvalue weighted by molar-refractivity contribution is 6.04. The maximum Gasteiger partial charge on any atom is 0.233 e. The first-order valence-corrected chi connectivity index (χ1v) is 9.79. The van der Waals surface area contributed by atoms with Gasteiger partial charge in [-0.15, -0.1) is 0 Å². The van der Waals surface area contributed by atoms with Gasteiger partial charge in [-0.3, -0.25) is 4.79 Å². The van der Waals surface area contributed by atoms with Gasteiger partial charge in [0.05, 0.1) is 12.0 Å². The standard InChI is InChI=1S/C25H31NO/c1-5-13-20(14-6-2)16-12-19-23-24(21(8-4)15-7-3)26(25(23)27)22-17-10-9-11-18-22/h5-11,13-15,17-18,23-24H,1,12,16,19H2,2-4H3/b14-6-,15-7-,20-13+,21-8+/t23-,24?/m1/s1. The van der Waals surface area contributed by atoms with E-state index in [4.69, 9.17) is 0 Å². The van der Waals surface area contributed by atoms with E-state index in [1.807, 2.05) is 67.3 Å². The van der Waals surface area contributed by atoms with Crippen molar-refractivity contribution >= 4 is 11.6 Å². The Morgan fingerprint density at radius 3 is 2.41 bits per heavy atom. The van der Waals surface area contributed by atoms with Gasteiger partial charge in [0.25, 0.3) is 0 Å². The van der Waals surface area contributed by atoms with Crippen LogP contribution >= 0.6 is 0 Å². The highest BCUT2D eigenvalue weighted by Gasteiger charge is 2.48. The van der Waals surface area contributed by atoms with Crippen LogP contribution in [0.4, 0.5) is 5.69 Å². The number of β-lactam (4-membered cyclic amide) rings is 1. The molecule has 142 valence electrons. The Kier molecular flexibility index (Phi) is 8.06. The second kappa shape index (κ2) is 10.5. The molecule has 0 bridgehead atoms. The number of hydrogen-bond acceptors (Lipinski definition) is 1. The van der Waals surface area contributed by atoms with Crippen LogP contribution < -0.4 is 4.90 Å². The zero-order valence-electron chi connectivity index (χ0n) is 16.8. The molecule has 27 heavy (non-hydrogen) atoms. The number of benzene rings is 1. The summed E-state index contributed by atoms with van der Waals surface area (Å²) in [4.78, 5) is 14.9. The molecule has 0 radical (unpaired) electrons. The first kappa shape index (κ1) is 20.7. The molecule has 1 unspecified atom stereocenters. The smallest absolute Gasteiger partial charge is 0.233 e. The van der Waals surface area contributed by atoms with Gasteiger partial charge in [-0.1, -0.05) is 67.3 Å². The van der Waals surface area contributed by atoms with Crippen molar-refractivity contribution in [1.82, 2.24) is 0 Å². The average Bonchev–Trinajstić information content (AvgIpc) is 2.68. The molecular formula is C25H31NO. The van der Waals surface area contributed by atoms with Crippen LogP contribution in [-0.2, 0) is 4.79 Å². The first-order chi connectivity index (χ1) is 13.2. The second-order valence-electron chi connectivity index (χ2n) is 6.75. The van der Waals surface area contributed by atoms with E-state index in [1.165, 1.54) is 11.1 Å². The molecule has 0 aliphatic carbocycles. The Morgan fingerprint density at radius 1 is 1.11 bits per heavy atom. The number of allylic oxidation sites excluding steroid dienone is 7. The quantitative estimate of drug-likeness (QED) is 0.368. The van der Waals surface area contributed by atoms with Gasteiger partial charge in [0.2, 0.25) is 5.91 Å². The molecular weight excluding hydrogens is 330 g/mol. The molecule has 2 heteroatoms. The van der Waals surface area contributed by atoms with Gasteiger partial charge >= 0.3 is 0 Å². The first-order valence-electron chi connectivity index (χ1n) is 9.79. The molecule has 0 aromatic heterocycles. The molecule has 2 rings (SSSR count). The van der Waals surface area contributed by atoms with Crippen molar-refractivity contribution in [3.63, 3.8) is 0 Å². The van der Waals surface area contributed by atoms with Crippen LogP contribution in [0.25, 0.3) is 0 Å². The Hall–Kier alpha value is -2.61. The van der Waals surface area contributed by atoms with Crippen molar-refractivity contribution < 1.29 is 4.79 Å². The molecule has 1 fully saturated rings. The van der Waals surface area contributed by atoms with Crippen LogP contribution in [-0.4, -0.2) is 11.9 Å². The lowest BCUT2D eigenvalue weighted by Crippen LogP contribution is -2.62. The number of nitrogens with zero attached hydrogens (tertiary/aromatic N) is 1. The zero-order chi connectivity index (χ0) is 19.6. The molecule has 2 nitrogen and oxygen atoms in total. The Bertz CT molecular complexity index is 752. The highest BCUT2D eigenvalue weighted by Crippen LogP contribution is 2.40. The minimum absolute atomic E-state index is 0.0446. The summed E-state index contributed by atoms with van der Waals surface area (Å²) in [5, 5.41) is 0. The maximum atomic E-state index is 13.0. The van der Waals surface area contributed by atoms with Gasteiger partial charge in [0.15, 0.2) is 0 Å². The number of carbonyl (C=O) groups excluding carboxylic acids is 1. The number of amides is 1. The lowest BCUT2D eigenvalue weighted by atomic mass is 9.78.